The molecule has 1 aromatic carbocycles. The van der Waals surface area contributed by atoms with Gasteiger partial charge in [0.15, 0.2) is 5.58 Å². The van der Waals surface area contributed by atoms with Crippen molar-refractivity contribution in [3.63, 3.8) is 0 Å². The van der Waals surface area contributed by atoms with Crippen LogP contribution < -0.4 is 15.4 Å². The van der Waals surface area contributed by atoms with Crippen LogP contribution in [-0.4, -0.2) is 47.7 Å². The highest BCUT2D eigenvalue weighted by Gasteiger charge is 2.30. The van der Waals surface area contributed by atoms with Gasteiger partial charge in [-0.2, -0.15) is 0 Å². The van der Waals surface area contributed by atoms with Crippen molar-refractivity contribution in [2.45, 2.75) is 25.9 Å². The lowest BCUT2D eigenvalue weighted by molar-refractivity contribution is -0.117. The number of methoxy groups -OCH3 is 1. The number of hydrogen-bond acceptors (Lipinski definition) is 8. The van der Waals surface area contributed by atoms with Crippen molar-refractivity contribution in [3.05, 3.63) is 36.7 Å². The molecule has 3 heterocycles. The van der Waals surface area contributed by atoms with Crippen LogP contribution in [0.25, 0.3) is 33.3 Å². The van der Waals surface area contributed by atoms with Gasteiger partial charge in [0, 0.05) is 49.3 Å². The maximum atomic E-state index is 12.2. The number of aromatic nitrogens is 3. The molecule has 0 bridgehead atoms. The first-order valence-corrected chi connectivity index (χ1v) is 10.9. The summed E-state index contributed by atoms with van der Waals surface area (Å²) in [5.41, 5.74) is 2.02. The Morgan fingerprint density at radius 2 is 2.06 bits per heavy atom. The molecule has 0 aliphatic heterocycles. The minimum Gasteiger partial charge on any atom is -0.488 e. The standard InChI is InChI=1S/C24H25N5O4/c1-13(12-31-3)32-15-6-7-20-19(8-15)28-24(33-20)18-11-27-22(25-2)17-10-26-21(9-16(17)18)29-23(30)14-4-5-14/h6-11,13-14H,4-5,12H2,1-3H3,(H,25,27)(H,26,29,30). The number of nitrogens with one attached hydrogen (secondary N) is 2. The van der Waals surface area contributed by atoms with Gasteiger partial charge in [0.2, 0.25) is 11.8 Å². The van der Waals surface area contributed by atoms with Gasteiger partial charge >= 0.3 is 0 Å². The Labute approximate surface area is 190 Å². The molecule has 5 rings (SSSR count). The van der Waals surface area contributed by atoms with Gasteiger partial charge in [0.05, 0.1) is 12.2 Å². The van der Waals surface area contributed by atoms with Gasteiger partial charge in [-0.05, 0) is 38.0 Å². The van der Waals surface area contributed by atoms with E-state index in [9.17, 15) is 4.79 Å². The summed E-state index contributed by atoms with van der Waals surface area (Å²) in [5.74, 6) is 2.39. The molecule has 0 saturated heterocycles. The predicted molar refractivity (Wildman–Crippen MR) is 125 cm³/mol. The first kappa shape index (κ1) is 21.1. The fourth-order valence-electron chi connectivity index (χ4n) is 3.74. The number of ether oxygens (including phenoxy) is 2. The maximum absolute atomic E-state index is 12.2. The van der Waals surface area contributed by atoms with Crippen LogP contribution in [0.1, 0.15) is 19.8 Å². The first-order chi connectivity index (χ1) is 16.1. The normalized spacial score (nSPS) is 14.4. The first-order valence-electron chi connectivity index (χ1n) is 10.9. The van der Waals surface area contributed by atoms with Crippen LogP contribution in [0.3, 0.4) is 0 Å². The summed E-state index contributed by atoms with van der Waals surface area (Å²) in [6, 6.07) is 7.36. The molecule has 4 aromatic rings. The monoisotopic (exact) mass is 447 g/mol. The maximum Gasteiger partial charge on any atom is 0.229 e. The molecule has 2 N–H and O–H groups in total. The number of pyridine rings is 2. The molecule has 1 atom stereocenters. The van der Waals surface area contributed by atoms with Crippen LogP contribution in [-0.2, 0) is 9.53 Å². The minimum atomic E-state index is -0.0853. The minimum absolute atomic E-state index is 0.00314. The van der Waals surface area contributed by atoms with Gasteiger partial charge < -0.3 is 24.5 Å². The molecule has 1 fully saturated rings. The summed E-state index contributed by atoms with van der Waals surface area (Å²) in [7, 11) is 3.44. The average Bonchev–Trinajstić information content (AvgIpc) is 3.58. The number of oxazole rings is 1. The summed E-state index contributed by atoms with van der Waals surface area (Å²) >= 11 is 0. The van der Waals surface area contributed by atoms with Crippen LogP contribution in [0, 0.1) is 5.92 Å². The second-order valence-electron chi connectivity index (χ2n) is 8.18. The zero-order chi connectivity index (χ0) is 22.9. The van der Waals surface area contributed by atoms with E-state index in [0.717, 1.165) is 23.6 Å². The van der Waals surface area contributed by atoms with E-state index in [1.54, 1.807) is 26.6 Å². The predicted octanol–water partition coefficient (Wildman–Crippen LogP) is 4.24. The average molecular weight is 447 g/mol. The topological polar surface area (TPSA) is 111 Å². The molecular formula is C24H25N5O4. The van der Waals surface area contributed by atoms with Gasteiger partial charge in [-0.1, -0.05) is 0 Å². The van der Waals surface area contributed by atoms with Crippen molar-refractivity contribution < 1.29 is 18.7 Å². The van der Waals surface area contributed by atoms with Gasteiger partial charge in [-0.3, -0.25) is 4.79 Å². The lowest BCUT2D eigenvalue weighted by Crippen LogP contribution is -2.17. The highest BCUT2D eigenvalue weighted by molar-refractivity contribution is 6.03. The smallest absolute Gasteiger partial charge is 0.229 e. The largest absolute Gasteiger partial charge is 0.488 e. The number of benzene rings is 1. The summed E-state index contributed by atoms with van der Waals surface area (Å²) < 4.78 is 17.1. The number of rotatable bonds is 8. The highest BCUT2D eigenvalue weighted by atomic mass is 16.5. The summed E-state index contributed by atoms with van der Waals surface area (Å²) in [6.07, 6.45) is 5.18. The fraction of sp³-hybridized carbons (Fsp3) is 0.333. The number of carbonyl (C=O) groups excluding carboxylic acids is 1. The summed E-state index contributed by atoms with van der Waals surface area (Å²) in [4.78, 5) is 25.8. The summed E-state index contributed by atoms with van der Waals surface area (Å²) in [6.45, 7) is 2.43. The van der Waals surface area contributed by atoms with Crippen molar-refractivity contribution in [2.75, 3.05) is 31.4 Å². The molecule has 0 spiro atoms. The van der Waals surface area contributed by atoms with Crippen molar-refractivity contribution in [1.82, 2.24) is 15.0 Å². The van der Waals surface area contributed by atoms with Crippen LogP contribution in [0.4, 0.5) is 11.6 Å². The van der Waals surface area contributed by atoms with E-state index < -0.39 is 0 Å². The van der Waals surface area contributed by atoms with E-state index in [4.69, 9.17) is 13.9 Å². The molecule has 9 heteroatoms. The number of nitrogens with zero attached hydrogens (tertiary/aromatic N) is 3. The van der Waals surface area contributed by atoms with Crippen molar-refractivity contribution in [2.24, 2.45) is 5.92 Å². The fourth-order valence-corrected chi connectivity index (χ4v) is 3.74. The van der Waals surface area contributed by atoms with Crippen LogP contribution in [0.15, 0.2) is 41.1 Å². The SMILES string of the molecule is CNc1ncc(-c2nc3cc(OC(C)COC)ccc3o2)c2cc(NC(=O)C3CC3)ncc12. The number of fused-ring (bicyclic) bond motifs is 2. The molecule has 9 nitrogen and oxygen atoms in total. The zero-order valence-electron chi connectivity index (χ0n) is 18.7. The molecule has 1 unspecified atom stereocenters. The van der Waals surface area contributed by atoms with Crippen LogP contribution in [0.5, 0.6) is 5.75 Å². The van der Waals surface area contributed by atoms with E-state index in [0.29, 0.717) is 46.5 Å². The Morgan fingerprint density at radius 1 is 1.21 bits per heavy atom. The molecule has 170 valence electrons. The van der Waals surface area contributed by atoms with Gasteiger partial charge in [-0.25, -0.2) is 15.0 Å². The third-order valence-corrected chi connectivity index (χ3v) is 5.54. The van der Waals surface area contributed by atoms with Crippen LogP contribution >= 0.6 is 0 Å². The second kappa shape index (κ2) is 8.67. The molecule has 1 saturated carbocycles. The van der Waals surface area contributed by atoms with Gasteiger partial charge in [0.1, 0.15) is 29.0 Å². The van der Waals surface area contributed by atoms with E-state index in [2.05, 4.69) is 25.6 Å². The lowest BCUT2D eigenvalue weighted by atomic mass is 10.1. The van der Waals surface area contributed by atoms with Gasteiger partial charge in [0.25, 0.3) is 0 Å². The molecular weight excluding hydrogens is 422 g/mol. The Balaban J connectivity index is 1.54. The summed E-state index contributed by atoms with van der Waals surface area (Å²) in [5, 5.41) is 7.62. The Hall–Kier alpha value is -3.72. The molecule has 1 amide bonds. The third-order valence-electron chi connectivity index (χ3n) is 5.54. The van der Waals surface area contributed by atoms with E-state index in [1.165, 1.54) is 0 Å². The van der Waals surface area contributed by atoms with Crippen molar-refractivity contribution in [3.8, 4) is 17.2 Å². The number of anilines is 2. The van der Waals surface area contributed by atoms with E-state index >= 15 is 0 Å². The third kappa shape index (κ3) is 4.31. The Morgan fingerprint density at radius 3 is 2.82 bits per heavy atom. The molecule has 1 aliphatic rings. The molecule has 3 aromatic heterocycles. The van der Waals surface area contributed by atoms with Crippen molar-refractivity contribution in [1.29, 1.82) is 0 Å². The molecule has 33 heavy (non-hydrogen) atoms. The zero-order valence-corrected chi connectivity index (χ0v) is 18.7. The van der Waals surface area contributed by atoms with E-state index in [1.807, 2.05) is 31.2 Å². The Bertz CT molecular complexity index is 1330. The number of amides is 1. The lowest BCUT2D eigenvalue weighted by Gasteiger charge is -2.13. The highest BCUT2D eigenvalue weighted by Crippen LogP contribution is 2.35. The van der Waals surface area contributed by atoms with Gasteiger partial charge in [-0.15, -0.1) is 0 Å². The Kier molecular flexibility index (Phi) is 5.55. The number of carbonyl (C=O) groups is 1. The van der Waals surface area contributed by atoms with E-state index in [-0.39, 0.29) is 17.9 Å². The number of hydrogen-bond donors (Lipinski definition) is 2. The van der Waals surface area contributed by atoms with Crippen LogP contribution in [0.2, 0.25) is 0 Å². The second-order valence-corrected chi connectivity index (χ2v) is 8.18. The van der Waals surface area contributed by atoms with Crippen molar-refractivity contribution >= 4 is 39.4 Å². The quantitative estimate of drug-likeness (QED) is 0.413. The molecule has 1 aliphatic carbocycles. The molecule has 0 radical (unpaired) electrons.